The molecule has 1 atom stereocenters. The fourth-order valence-electron chi connectivity index (χ4n) is 0.346. The zero-order valence-corrected chi connectivity index (χ0v) is 7.16. The van der Waals surface area contributed by atoms with Gasteiger partial charge in [0.2, 0.25) is 0 Å². The van der Waals surface area contributed by atoms with Crippen LogP contribution in [0.2, 0.25) is 0 Å². The van der Waals surface area contributed by atoms with Crippen molar-refractivity contribution >= 4 is 10.8 Å². The molecule has 3 heteroatoms. The van der Waals surface area contributed by atoms with Crippen molar-refractivity contribution in [3.8, 4) is 0 Å². The molecule has 0 saturated heterocycles. The van der Waals surface area contributed by atoms with Crippen LogP contribution >= 0.6 is 0 Å². The van der Waals surface area contributed by atoms with Gasteiger partial charge in [0.1, 0.15) is 0 Å². The number of hydrogen-bond acceptors (Lipinski definition) is 2. The molecule has 0 rings (SSSR count). The van der Waals surface area contributed by atoms with E-state index in [1.54, 1.807) is 11.7 Å². The lowest BCUT2D eigenvalue weighted by Crippen LogP contribution is -2.08. The maximum absolute atomic E-state index is 10.6. The van der Waals surface area contributed by atoms with Gasteiger partial charge in [-0.1, -0.05) is 0 Å². The molecular weight excluding hydrogens is 134 g/mol. The van der Waals surface area contributed by atoms with Gasteiger partial charge in [-0.2, -0.15) is 0 Å². The van der Waals surface area contributed by atoms with Crippen molar-refractivity contribution in [3.05, 3.63) is 11.1 Å². The Hall–Kier alpha value is -0.310. The largest absolute Gasteiger partial charge is 0.381 e. The van der Waals surface area contributed by atoms with E-state index in [9.17, 15) is 4.21 Å². The van der Waals surface area contributed by atoms with Gasteiger partial charge in [0.15, 0.2) is 0 Å². The van der Waals surface area contributed by atoms with E-state index >= 15 is 0 Å². The Kier molecular flexibility index (Phi) is 3.54. The van der Waals surface area contributed by atoms with Crippen LogP contribution in [0.3, 0.4) is 0 Å². The first kappa shape index (κ1) is 8.69. The maximum Gasteiger partial charge on any atom is 0.0441 e. The van der Waals surface area contributed by atoms with Gasteiger partial charge >= 0.3 is 0 Å². The van der Waals surface area contributed by atoms with Gasteiger partial charge in [0, 0.05) is 42.3 Å². The summed E-state index contributed by atoms with van der Waals surface area (Å²) < 4.78 is 10.6. The van der Waals surface area contributed by atoms with Gasteiger partial charge < -0.3 is 4.90 Å². The molecule has 0 N–H and O–H groups in total. The van der Waals surface area contributed by atoms with E-state index in [0.29, 0.717) is 0 Å². The molecule has 0 aliphatic rings. The van der Waals surface area contributed by atoms with E-state index in [2.05, 4.69) is 0 Å². The van der Waals surface area contributed by atoms with Crippen LogP contribution in [0, 0.1) is 0 Å². The lowest BCUT2D eigenvalue weighted by atomic mass is 10.5. The standard InChI is InChI=1S/C6H13NOS/c1-6(7(2)3)5-9(4)8/h5H,1-4H3/b6-5-. The van der Waals surface area contributed by atoms with Crippen molar-refractivity contribution in [1.29, 1.82) is 0 Å². The summed E-state index contributed by atoms with van der Waals surface area (Å²) in [4.78, 5) is 1.93. The summed E-state index contributed by atoms with van der Waals surface area (Å²) in [7, 11) is 3.04. The fraction of sp³-hybridized carbons (Fsp3) is 0.667. The Labute approximate surface area is 59.0 Å². The highest BCUT2D eigenvalue weighted by Gasteiger charge is 1.90. The predicted molar refractivity (Wildman–Crippen MR) is 41.5 cm³/mol. The Morgan fingerprint density at radius 3 is 2.11 bits per heavy atom. The molecule has 0 heterocycles. The third-order valence-corrected chi connectivity index (χ3v) is 1.71. The van der Waals surface area contributed by atoms with Gasteiger partial charge in [-0.3, -0.25) is 4.21 Å². The quantitative estimate of drug-likeness (QED) is 0.575. The molecule has 0 spiro atoms. The lowest BCUT2D eigenvalue weighted by Gasteiger charge is -2.10. The van der Waals surface area contributed by atoms with Crippen molar-refractivity contribution in [2.75, 3.05) is 20.4 Å². The fourth-order valence-corrected chi connectivity index (χ4v) is 1.04. The van der Waals surface area contributed by atoms with Crippen LogP contribution in [0.5, 0.6) is 0 Å². The average Bonchev–Trinajstić information content (AvgIpc) is 1.63. The van der Waals surface area contributed by atoms with Gasteiger partial charge in [0.25, 0.3) is 0 Å². The summed E-state index contributed by atoms with van der Waals surface area (Å²) in [6, 6.07) is 0. The Morgan fingerprint density at radius 2 is 2.00 bits per heavy atom. The highest BCUT2D eigenvalue weighted by Crippen LogP contribution is 1.95. The number of rotatable bonds is 2. The van der Waals surface area contributed by atoms with Crippen molar-refractivity contribution < 1.29 is 4.21 Å². The van der Waals surface area contributed by atoms with Crippen molar-refractivity contribution in [1.82, 2.24) is 4.90 Å². The van der Waals surface area contributed by atoms with E-state index in [0.717, 1.165) is 5.70 Å². The maximum atomic E-state index is 10.6. The first-order chi connectivity index (χ1) is 4.04. The molecule has 0 radical (unpaired) electrons. The second kappa shape index (κ2) is 3.67. The molecule has 9 heavy (non-hydrogen) atoms. The first-order valence-electron chi connectivity index (χ1n) is 2.72. The molecule has 0 aromatic carbocycles. The van der Waals surface area contributed by atoms with Crippen LogP contribution in [0.1, 0.15) is 6.92 Å². The van der Waals surface area contributed by atoms with Gasteiger partial charge in [0.05, 0.1) is 0 Å². The third kappa shape index (κ3) is 4.21. The van der Waals surface area contributed by atoms with Crippen LogP contribution < -0.4 is 0 Å². The minimum Gasteiger partial charge on any atom is -0.381 e. The van der Waals surface area contributed by atoms with E-state index in [1.807, 2.05) is 25.9 Å². The SMILES string of the molecule is C/C(=C/S(C)=O)N(C)C. The number of nitrogens with zero attached hydrogens (tertiary/aromatic N) is 1. The van der Waals surface area contributed by atoms with E-state index < -0.39 is 10.8 Å². The number of allylic oxidation sites excluding steroid dienone is 1. The van der Waals surface area contributed by atoms with Crippen LogP contribution in [-0.4, -0.2) is 29.5 Å². The van der Waals surface area contributed by atoms with Gasteiger partial charge in [-0.25, -0.2) is 0 Å². The molecule has 0 aromatic rings. The molecule has 0 aromatic heterocycles. The molecule has 0 fully saturated rings. The topological polar surface area (TPSA) is 20.3 Å². The van der Waals surface area contributed by atoms with Gasteiger partial charge in [-0.15, -0.1) is 0 Å². The zero-order chi connectivity index (χ0) is 7.44. The number of hydrogen-bond donors (Lipinski definition) is 0. The summed E-state index contributed by atoms with van der Waals surface area (Å²) in [6.07, 6.45) is 1.66. The molecule has 0 saturated carbocycles. The van der Waals surface area contributed by atoms with Crippen molar-refractivity contribution in [3.63, 3.8) is 0 Å². The second-order valence-electron chi connectivity index (χ2n) is 2.15. The van der Waals surface area contributed by atoms with Crippen LogP contribution in [0.15, 0.2) is 11.1 Å². The molecule has 1 unspecified atom stereocenters. The Bertz CT molecular complexity index is 140. The Morgan fingerprint density at radius 1 is 1.56 bits per heavy atom. The molecule has 0 bridgehead atoms. The van der Waals surface area contributed by atoms with Crippen molar-refractivity contribution in [2.24, 2.45) is 0 Å². The lowest BCUT2D eigenvalue weighted by molar-refractivity contribution is 0.515. The molecule has 0 amide bonds. The normalized spacial score (nSPS) is 15.3. The Balaban J connectivity index is 4.00. The van der Waals surface area contributed by atoms with Crippen LogP contribution in [0.4, 0.5) is 0 Å². The second-order valence-corrected chi connectivity index (χ2v) is 3.39. The molecular formula is C6H13NOS. The van der Waals surface area contributed by atoms with E-state index in [-0.39, 0.29) is 0 Å². The molecule has 0 aliphatic heterocycles. The average molecular weight is 147 g/mol. The van der Waals surface area contributed by atoms with E-state index in [1.165, 1.54) is 0 Å². The summed E-state index contributed by atoms with van der Waals surface area (Å²) >= 11 is 0. The highest BCUT2D eigenvalue weighted by atomic mass is 32.2. The summed E-state index contributed by atoms with van der Waals surface area (Å²) in [5, 5.41) is 1.72. The minimum atomic E-state index is -0.820. The summed E-state index contributed by atoms with van der Waals surface area (Å²) in [5.74, 6) is 0. The highest BCUT2D eigenvalue weighted by molar-refractivity contribution is 7.87. The van der Waals surface area contributed by atoms with E-state index in [4.69, 9.17) is 0 Å². The van der Waals surface area contributed by atoms with Crippen molar-refractivity contribution in [2.45, 2.75) is 6.92 Å². The zero-order valence-electron chi connectivity index (χ0n) is 6.34. The first-order valence-corrected chi connectivity index (χ1v) is 4.34. The summed E-state index contributed by atoms with van der Waals surface area (Å²) in [5.41, 5.74) is 1.04. The summed E-state index contributed by atoms with van der Waals surface area (Å²) in [6.45, 7) is 1.93. The molecule has 2 nitrogen and oxygen atoms in total. The monoisotopic (exact) mass is 147 g/mol. The van der Waals surface area contributed by atoms with Crippen LogP contribution in [-0.2, 0) is 10.8 Å². The molecule has 54 valence electrons. The van der Waals surface area contributed by atoms with Gasteiger partial charge in [-0.05, 0) is 6.92 Å². The minimum absolute atomic E-state index is 0.820. The van der Waals surface area contributed by atoms with Crippen LogP contribution in [0.25, 0.3) is 0 Å². The third-order valence-electron chi connectivity index (χ3n) is 1.04. The predicted octanol–water partition coefficient (Wildman–Crippen LogP) is 0.788. The molecule has 0 aliphatic carbocycles. The smallest absolute Gasteiger partial charge is 0.0441 e.